The SMILES string of the molecule is C[C@@H](Nc1nc(Nc2ccccc2F)nc(Nc2ccccc2F)n1)C(=O)Nc1cccc([N+](=O)[O-])c1. The van der Waals surface area contributed by atoms with Crippen LogP contribution in [0, 0.1) is 21.7 Å². The van der Waals surface area contributed by atoms with Crippen molar-refractivity contribution in [1.29, 1.82) is 0 Å². The van der Waals surface area contributed by atoms with Crippen molar-refractivity contribution in [2.45, 2.75) is 13.0 Å². The number of aromatic nitrogens is 3. The molecule has 4 aromatic rings. The van der Waals surface area contributed by atoms with E-state index in [1.54, 1.807) is 12.1 Å². The van der Waals surface area contributed by atoms with E-state index in [1.807, 2.05) is 0 Å². The third-order valence-corrected chi connectivity index (χ3v) is 4.94. The summed E-state index contributed by atoms with van der Waals surface area (Å²) >= 11 is 0. The number of hydrogen-bond donors (Lipinski definition) is 4. The molecule has 0 unspecified atom stereocenters. The van der Waals surface area contributed by atoms with Crippen molar-refractivity contribution in [2.24, 2.45) is 0 Å². The van der Waals surface area contributed by atoms with Gasteiger partial charge >= 0.3 is 0 Å². The second-order valence-corrected chi connectivity index (χ2v) is 7.68. The Labute approximate surface area is 209 Å². The van der Waals surface area contributed by atoms with Crippen molar-refractivity contribution in [3.63, 3.8) is 0 Å². The first kappa shape index (κ1) is 24.9. The second-order valence-electron chi connectivity index (χ2n) is 7.68. The molecule has 1 atom stereocenters. The maximum atomic E-state index is 14.2. The predicted octanol–water partition coefficient (Wildman–Crippen LogP) is 4.98. The Morgan fingerprint density at radius 3 is 1.92 bits per heavy atom. The molecule has 37 heavy (non-hydrogen) atoms. The third-order valence-electron chi connectivity index (χ3n) is 4.94. The van der Waals surface area contributed by atoms with Gasteiger partial charge in [-0.2, -0.15) is 15.0 Å². The zero-order valence-corrected chi connectivity index (χ0v) is 19.3. The number of carbonyl (C=O) groups excluding carboxylic acids is 1. The van der Waals surface area contributed by atoms with Crippen LogP contribution in [0.25, 0.3) is 0 Å². The van der Waals surface area contributed by atoms with Crippen LogP contribution >= 0.6 is 0 Å². The molecule has 11 nitrogen and oxygen atoms in total. The van der Waals surface area contributed by atoms with Gasteiger partial charge in [-0.15, -0.1) is 0 Å². The van der Waals surface area contributed by atoms with Crippen molar-refractivity contribution in [2.75, 3.05) is 21.3 Å². The number of anilines is 6. The first-order chi connectivity index (χ1) is 17.8. The Hall–Kier alpha value is -5.20. The van der Waals surface area contributed by atoms with E-state index in [4.69, 9.17) is 0 Å². The van der Waals surface area contributed by atoms with Gasteiger partial charge in [0.25, 0.3) is 5.69 Å². The topological polar surface area (TPSA) is 147 Å². The summed E-state index contributed by atoms with van der Waals surface area (Å²) in [7, 11) is 0. The molecule has 1 heterocycles. The molecule has 0 aliphatic rings. The van der Waals surface area contributed by atoms with Gasteiger partial charge in [0, 0.05) is 17.8 Å². The zero-order chi connectivity index (χ0) is 26.4. The average molecular weight is 506 g/mol. The van der Waals surface area contributed by atoms with Crippen LogP contribution in [0.1, 0.15) is 6.92 Å². The Balaban J connectivity index is 1.57. The van der Waals surface area contributed by atoms with Crippen LogP contribution in [0.2, 0.25) is 0 Å². The largest absolute Gasteiger partial charge is 0.342 e. The van der Waals surface area contributed by atoms with Crippen LogP contribution in [-0.4, -0.2) is 31.8 Å². The van der Waals surface area contributed by atoms with Gasteiger partial charge in [-0.25, -0.2) is 8.78 Å². The highest BCUT2D eigenvalue weighted by molar-refractivity contribution is 5.96. The number of para-hydroxylation sites is 2. The average Bonchev–Trinajstić information content (AvgIpc) is 2.87. The summed E-state index contributed by atoms with van der Waals surface area (Å²) in [6.45, 7) is 1.52. The molecule has 1 amide bonds. The lowest BCUT2D eigenvalue weighted by molar-refractivity contribution is -0.384. The van der Waals surface area contributed by atoms with E-state index in [2.05, 4.69) is 36.2 Å². The Morgan fingerprint density at radius 2 is 1.38 bits per heavy atom. The molecule has 13 heteroatoms. The van der Waals surface area contributed by atoms with Gasteiger partial charge in [0.2, 0.25) is 23.8 Å². The highest BCUT2D eigenvalue weighted by Crippen LogP contribution is 2.22. The summed E-state index contributed by atoms with van der Waals surface area (Å²) in [5.41, 5.74) is 0.233. The molecule has 0 radical (unpaired) electrons. The minimum absolute atomic E-state index is 0.0747. The van der Waals surface area contributed by atoms with Gasteiger partial charge in [0.05, 0.1) is 16.3 Å². The van der Waals surface area contributed by atoms with Crippen LogP contribution in [-0.2, 0) is 4.79 Å². The molecule has 188 valence electrons. The molecule has 0 aliphatic heterocycles. The van der Waals surface area contributed by atoms with Crippen molar-refractivity contribution < 1.29 is 18.5 Å². The van der Waals surface area contributed by atoms with Gasteiger partial charge in [-0.3, -0.25) is 14.9 Å². The molecular weight excluding hydrogens is 486 g/mol. The van der Waals surface area contributed by atoms with Crippen LogP contribution < -0.4 is 21.3 Å². The number of rotatable bonds is 9. The van der Waals surface area contributed by atoms with Gasteiger partial charge < -0.3 is 21.3 Å². The zero-order valence-electron chi connectivity index (χ0n) is 19.3. The summed E-state index contributed by atoms with van der Waals surface area (Å²) in [4.78, 5) is 35.6. The van der Waals surface area contributed by atoms with Crippen molar-refractivity contribution in [3.05, 3.63) is 94.5 Å². The summed E-state index contributed by atoms with van der Waals surface area (Å²) in [5, 5.41) is 21.8. The molecule has 0 bridgehead atoms. The van der Waals surface area contributed by atoms with E-state index in [1.165, 1.54) is 67.6 Å². The minimum Gasteiger partial charge on any atom is -0.342 e. The van der Waals surface area contributed by atoms with E-state index in [0.29, 0.717) is 0 Å². The number of nitro benzene ring substituents is 1. The van der Waals surface area contributed by atoms with E-state index in [9.17, 15) is 23.7 Å². The van der Waals surface area contributed by atoms with Gasteiger partial charge in [0.15, 0.2) is 0 Å². The summed E-state index contributed by atoms with van der Waals surface area (Å²) < 4.78 is 28.3. The number of amides is 1. The number of benzene rings is 3. The lowest BCUT2D eigenvalue weighted by Crippen LogP contribution is -2.32. The fourth-order valence-corrected chi connectivity index (χ4v) is 3.13. The van der Waals surface area contributed by atoms with Crippen LogP contribution in [0.3, 0.4) is 0 Å². The molecule has 0 aliphatic carbocycles. The molecule has 0 saturated carbocycles. The summed E-state index contributed by atoms with van der Waals surface area (Å²) in [6.07, 6.45) is 0. The number of non-ortho nitro benzene ring substituents is 1. The lowest BCUT2D eigenvalue weighted by atomic mass is 10.2. The third kappa shape index (κ3) is 6.48. The molecular formula is C24H20F2N8O3. The van der Waals surface area contributed by atoms with Crippen LogP contribution in [0.4, 0.5) is 49.4 Å². The van der Waals surface area contributed by atoms with E-state index in [0.717, 1.165) is 0 Å². The first-order valence-corrected chi connectivity index (χ1v) is 10.9. The van der Waals surface area contributed by atoms with Gasteiger partial charge in [-0.05, 0) is 37.3 Å². The Bertz CT molecular complexity index is 1390. The van der Waals surface area contributed by atoms with Crippen molar-refractivity contribution in [3.8, 4) is 0 Å². The van der Waals surface area contributed by atoms with E-state index >= 15 is 0 Å². The molecule has 0 fully saturated rings. The molecule has 4 rings (SSSR count). The van der Waals surface area contributed by atoms with E-state index in [-0.39, 0.29) is 40.6 Å². The number of nitrogens with zero attached hydrogens (tertiary/aromatic N) is 4. The normalized spacial score (nSPS) is 11.3. The number of hydrogen-bond acceptors (Lipinski definition) is 9. The van der Waals surface area contributed by atoms with Crippen LogP contribution in [0.5, 0.6) is 0 Å². The van der Waals surface area contributed by atoms with Crippen molar-refractivity contribution >= 4 is 46.5 Å². The molecule has 1 aromatic heterocycles. The van der Waals surface area contributed by atoms with Gasteiger partial charge in [-0.1, -0.05) is 30.3 Å². The fraction of sp³-hybridized carbons (Fsp3) is 0.0833. The number of halogens is 2. The highest BCUT2D eigenvalue weighted by atomic mass is 19.1. The molecule has 0 spiro atoms. The minimum atomic E-state index is -0.913. The first-order valence-electron chi connectivity index (χ1n) is 10.9. The monoisotopic (exact) mass is 506 g/mol. The quantitative estimate of drug-likeness (QED) is 0.182. The summed E-state index contributed by atoms with van der Waals surface area (Å²) in [5.74, 6) is -1.86. The molecule has 4 N–H and O–H groups in total. The Kier molecular flexibility index (Phi) is 7.42. The van der Waals surface area contributed by atoms with Crippen LogP contribution in [0.15, 0.2) is 72.8 Å². The van der Waals surface area contributed by atoms with Crippen molar-refractivity contribution in [1.82, 2.24) is 15.0 Å². The molecule has 0 saturated heterocycles. The fourth-order valence-electron chi connectivity index (χ4n) is 3.13. The number of carbonyl (C=O) groups is 1. The number of nitro groups is 1. The Morgan fingerprint density at radius 1 is 0.838 bits per heavy atom. The predicted molar refractivity (Wildman–Crippen MR) is 134 cm³/mol. The van der Waals surface area contributed by atoms with E-state index < -0.39 is 28.5 Å². The van der Waals surface area contributed by atoms with Gasteiger partial charge in [0.1, 0.15) is 17.7 Å². The lowest BCUT2D eigenvalue weighted by Gasteiger charge is -2.16. The standard InChI is InChI=1S/C24H20F2N8O3/c1-14(21(35)28-15-7-6-8-16(13-15)34(36)37)27-22-31-23(29-19-11-4-2-9-17(19)25)33-24(32-22)30-20-12-5-3-10-18(20)26/h2-14H,1H3,(H,28,35)(H3,27,29,30,31,32,33)/t14-/m1/s1. The maximum Gasteiger partial charge on any atom is 0.271 e. The smallest absolute Gasteiger partial charge is 0.271 e. The maximum absolute atomic E-state index is 14.2. The summed E-state index contributed by atoms with van der Waals surface area (Å²) in [6, 6.07) is 16.3. The highest BCUT2D eigenvalue weighted by Gasteiger charge is 2.18. The number of nitrogens with one attached hydrogen (secondary N) is 4. The second kappa shape index (κ2) is 11.0. The molecule has 3 aromatic carbocycles.